The molecule has 0 radical (unpaired) electrons. The monoisotopic (exact) mass is 379 g/mol. The molecule has 0 saturated carbocycles. The van der Waals surface area contributed by atoms with E-state index in [1.54, 1.807) is 24.8 Å². The van der Waals surface area contributed by atoms with E-state index in [4.69, 9.17) is 0 Å². The van der Waals surface area contributed by atoms with Crippen molar-refractivity contribution in [3.63, 3.8) is 0 Å². The molecule has 4 aromatic rings. The number of anilines is 2. The van der Waals surface area contributed by atoms with Crippen molar-refractivity contribution in [2.75, 3.05) is 5.32 Å². The predicted molar refractivity (Wildman–Crippen MR) is 121 cm³/mol. The number of aromatic nitrogens is 2. The highest BCUT2D eigenvalue weighted by Gasteiger charge is 1.96. The van der Waals surface area contributed by atoms with Gasteiger partial charge in [0.25, 0.3) is 0 Å². The van der Waals surface area contributed by atoms with Gasteiger partial charge in [-0.15, -0.1) is 0 Å². The first-order valence-corrected chi connectivity index (χ1v) is 9.07. The fraction of sp³-hybridized carbons (Fsp3) is 0. The molecule has 5 heteroatoms. The normalized spacial score (nSPS) is 10.1. The third-order valence-electron chi connectivity index (χ3n) is 3.81. The second-order valence-corrected chi connectivity index (χ2v) is 5.91. The molecule has 0 aliphatic rings. The molecule has 0 atom stereocenters. The van der Waals surface area contributed by atoms with Crippen molar-refractivity contribution >= 4 is 35.7 Å². The highest BCUT2D eigenvalue weighted by atomic mass is 14.9. The first kappa shape index (κ1) is 19.6. The molecule has 0 fully saturated rings. The second kappa shape index (κ2) is 10.9. The minimum absolute atomic E-state index is 0.839. The number of hydrogen-bond donors (Lipinski definition) is 1. The molecule has 2 aromatic carbocycles. The second-order valence-electron chi connectivity index (χ2n) is 5.91. The molecule has 0 amide bonds. The van der Waals surface area contributed by atoms with Gasteiger partial charge in [0.1, 0.15) is 0 Å². The van der Waals surface area contributed by atoms with Crippen LogP contribution in [0, 0.1) is 0 Å². The number of rotatable bonds is 5. The number of nitrogens with one attached hydrogen (secondary N) is 1. The Morgan fingerprint density at radius 3 is 1.79 bits per heavy atom. The van der Waals surface area contributed by atoms with Gasteiger partial charge >= 0.3 is 0 Å². The molecule has 4 rings (SSSR count). The molecule has 2 aromatic heterocycles. The molecule has 0 saturated heterocycles. The zero-order valence-electron chi connectivity index (χ0n) is 15.9. The SMILES string of the molecule is C=Nc1ccc(Nc2ccc(N=Cc3ccccn3)cc2)cc1.c1ccncc1. The Morgan fingerprint density at radius 1 is 0.690 bits per heavy atom. The van der Waals surface area contributed by atoms with Crippen LogP contribution in [0.1, 0.15) is 5.69 Å². The van der Waals surface area contributed by atoms with E-state index in [0.717, 1.165) is 28.4 Å². The number of nitrogens with zero attached hydrogens (tertiary/aromatic N) is 4. The van der Waals surface area contributed by atoms with Crippen LogP contribution in [0.4, 0.5) is 22.7 Å². The molecule has 5 nitrogen and oxygen atoms in total. The molecular formula is C24H21N5. The molecule has 0 aliphatic carbocycles. The summed E-state index contributed by atoms with van der Waals surface area (Å²) in [7, 11) is 0. The summed E-state index contributed by atoms with van der Waals surface area (Å²) in [5, 5.41) is 3.33. The van der Waals surface area contributed by atoms with Gasteiger partial charge in [-0.2, -0.15) is 0 Å². The van der Waals surface area contributed by atoms with Gasteiger partial charge in [0.05, 0.1) is 23.3 Å². The zero-order chi connectivity index (χ0) is 20.2. The van der Waals surface area contributed by atoms with E-state index >= 15 is 0 Å². The quantitative estimate of drug-likeness (QED) is 0.433. The van der Waals surface area contributed by atoms with E-state index in [1.165, 1.54) is 0 Å². The summed E-state index contributed by atoms with van der Waals surface area (Å²) in [6.45, 7) is 3.51. The third-order valence-corrected chi connectivity index (χ3v) is 3.81. The Bertz CT molecular complexity index is 986. The molecule has 0 bridgehead atoms. The van der Waals surface area contributed by atoms with Crippen LogP contribution in [0.5, 0.6) is 0 Å². The minimum atomic E-state index is 0.839. The average Bonchev–Trinajstić information content (AvgIpc) is 2.81. The minimum Gasteiger partial charge on any atom is -0.356 e. The lowest BCUT2D eigenvalue weighted by atomic mass is 10.2. The predicted octanol–water partition coefficient (Wildman–Crippen LogP) is 5.99. The highest BCUT2D eigenvalue weighted by Crippen LogP contribution is 2.22. The fourth-order valence-corrected chi connectivity index (χ4v) is 2.35. The Labute approximate surface area is 170 Å². The van der Waals surface area contributed by atoms with Gasteiger partial charge < -0.3 is 5.32 Å². The van der Waals surface area contributed by atoms with Crippen molar-refractivity contribution in [2.24, 2.45) is 9.98 Å². The number of pyridine rings is 2. The number of benzene rings is 2. The molecule has 0 spiro atoms. The van der Waals surface area contributed by atoms with Gasteiger partial charge in [0.15, 0.2) is 0 Å². The third kappa shape index (κ3) is 6.84. The molecule has 0 unspecified atom stereocenters. The topological polar surface area (TPSA) is 62.5 Å². The van der Waals surface area contributed by atoms with E-state index in [-0.39, 0.29) is 0 Å². The summed E-state index contributed by atoms with van der Waals surface area (Å²) >= 11 is 0. The van der Waals surface area contributed by atoms with Crippen LogP contribution < -0.4 is 5.32 Å². The molecular weight excluding hydrogens is 358 g/mol. The van der Waals surface area contributed by atoms with E-state index in [1.807, 2.05) is 84.9 Å². The molecule has 1 N–H and O–H groups in total. The maximum absolute atomic E-state index is 4.41. The van der Waals surface area contributed by atoms with E-state index in [9.17, 15) is 0 Å². The summed E-state index contributed by atoms with van der Waals surface area (Å²) in [6, 6.07) is 27.1. The number of aliphatic imine (C=N–C) groups is 2. The van der Waals surface area contributed by atoms with Gasteiger partial charge in [-0.25, -0.2) is 0 Å². The fourth-order valence-electron chi connectivity index (χ4n) is 2.35. The Kier molecular flexibility index (Phi) is 7.37. The van der Waals surface area contributed by atoms with Crippen LogP contribution in [-0.4, -0.2) is 22.9 Å². The van der Waals surface area contributed by atoms with Crippen molar-refractivity contribution in [3.05, 3.63) is 109 Å². The van der Waals surface area contributed by atoms with Gasteiger partial charge in [0, 0.05) is 30.0 Å². The van der Waals surface area contributed by atoms with Crippen LogP contribution >= 0.6 is 0 Å². The maximum atomic E-state index is 4.41. The van der Waals surface area contributed by atoms with Crippen molar-refractivity contribution in [1.82, 2.24) is 9.97 Å². The first-order chi connectivity index (χ1) is 14.3. The summed E-state index contributed by atoms with van der Waals surface area (Å²) in [4.78, 5) is 16.3. The zero-order valence-corrected chi connectivity index (χ0v) is 15.9. The smallest absolute Gasteiger partial charge is 0.0812 e. The van der Waals surface area contributed by atoms with Gasteiger partial charge in [-0.1, -0.05) is 12.1 Å². The summed E-state index contributed by atoms with van der Waals surface area (Å²) < 4.78 is 0. The van der Waals surface area contributed by atoms with Crippen molar-refractivity contribution < 1.29 is 0 Å². The van der Waals surface area contributed by atoms with E-state index in [0.29, 0.717) is 0 Å². The lowest BCUT2D eigenvalue weighted by molar-refractivity contribution is 1.30. The average molecular weight is 379 g/mol. The summed E-state index contributed by atoms with van der Waals surface area (Å²) in [5.41, 5.74) is 4.58. The van der Waals surface area contributed by atoms with Gasteiger partial charge in [0.2, 0.25) is 0 Å². The van der Waals surface area contributed by atoms with E-state index in [2.05, 4.69) is 32.0 Å². The van der Waals surface area contributed by atoms with Crippen LogP contribution in [0.2, 0.25) is 0 Å². The lowest BCUT2D eigenvalue weighted by Gasteiger charge is -2.06. The number of hydrogen-bond acceptors (Lipinski definition) is 5. The Morgan fingerprint density at radius 2 is 1.31 bits per heavy atom. The summed E-state index contributed by atoms with van der Waals surface area (Å²) in [5.74, 6) is 0. The Balaban J connectivity index is 0.000000343. The van der Waals surface area contributed by atoms with Gasteiger partial charge in [-0.05, 0) is 79.5 Å². The summed E-state index contributed by atoms with van der Waals surface area (Å²) in [6.07, 6.45) is 7.00. The van der Waals surface area contributed by atoms with Crippen molar-refractivity contribution in [3.8, 4) is 0 Å². The molecule has 142 valence electrons. The van der Waals surface area contributed by atoms with Crippen LogP contribution in [-0.2, 0) is 0 Å². The van der Waals surface area contributed by atoms with Crippen LogP contribution in [0.3, 0.4) is 0 Å². The highest BCUT2D eigenvalue weighted by molar-refractivity contribution is 5.79. The van der Waals surface area contributed by atoms with E-state index < -0.39 is 0 Å². The molecule has 2 heterocycles. The largest absolute Gasteiger partial charge is 0.356 e. The van der Waals surface area contributed by atoms with Crippen molar-refractivity contribution in [2.45, 2.75) is 0 Å². The molecule has 29 heavy (non-hydrogen) atoms. The van der Waals surface area contributed by atoms with Crippen LogP contribution in [0.15, 0.2) is 114 Å². The maximum Gasteiger partial charge on any atom is 0.0812 e. The molecule has 0 aliphatic heterocycles. The standard InChI is InChI=1S/C19H16N4.C5H5N/c1-20-15-5-9-17(10-6-15)23-18-11-7-16(8-12-18)22-14-19-4-2-3-13-21-19;1-2-4-6-5-3-1/h2-14,23H,1H2;1-5H. The van der Waals surface area contributed by atoms with Crippen molar-refractivity contribution in [1.29, 1.82) is 0 Å². The Hall–Kier alpha value is -4.12. The first-order valence-electron chi connectivity index (χ1n) is 9.07. The van der Waals surface area contributed by atoms with Gasteiger partial charge in [-0.3, -0.25) is 20.0 Å². The van der Waals surface area contributed by atoms with Crippen LogP contribution in [0.25, 0.3) is 0 Å². The lowest BCUT2D eigenvalue weighted by Crippen LogP contribution is -1.89.